The summed E-state index contributed by atoms with van der Waals surface area (Å²) >= 11 is 37.3. The molecule has 1 fully saturated rings. The Labute approximate surface area is 337 Å². The van der Waals surface area contributed by atoms with E-state index in [1.807, 2.05) is 0 Å². The van der Waals surface area contributed by atoms with Crippen LogP contribution in [0, 0.1) is 22.7 Å². The van der Waals surface area contributed by atoms with E-state index in [9.17, 15) is 9.59 Å². The lowest BCUT2D eigenvalue weighted by Gasteiger charge is -2.33. The van der Waals surface area contributed by atoms with Gasteiger partial charge in [-0.15, -0.1) is 0 Å². The van der Waals surface area contributed by atoms with E-state index >= 15 is 0 Å². The second-order valence-electron chi connectivity index (χ2n) is 12.4. The molecule has 0 radical (unpaired) electrons. The molecule has 0 saturated carbocycles. The molecule has 1 amide bonds. The number of nitrogens with zero attached hydrogens (tertiary/aromatic N) is 3. The summed E-state index contributed by atoms with van der Waals surface area (Å²) in [4.78, 5) is 38.3. The number of nitrogens with one attached hydrogen (secondary N) is 2. The van der Waals surface area contributed by atoms with Crippen molar-refractivity contribution in [3.8, 4) is 0 Å². The zero-order valence-corrected chi connectivity index (χ0v) is 33.0. The molecule has 1 aliphatic heterocycles. The van der Waals surface area contributed by atoms with Crippen LogP contribution in [-0.4, -0.2) is 58.8 Å². The molecule has 3 atom stereocenters. The van der Waals surface area contributed by atoms with Crippen LogP contribution in [0.25, 0.3) is 0 Å². The summed E-state index contributed by atoms with van der Waals surface area (Å²) in [6.45, 7) is 3.81. The van der Waals surface area contributed by atoms with Gasteiger partial charge in [0.1, 0.15) is 17.5 Å². The third kappa shape index (κ3) is 10.3. The lowest BCUT2D eigenvalue weighted by Crippen LogP contribution is -2.48. The highest BCUT2D eigenvalue weighted by atomic mass is 35.5. The summed E-state index contributed by atoms with van der Waals surface area (Å²) in [6, 6.07) is 23.5. The molecule has 0 aliphatic carbocycles. The topological polar surface area (TPSA) is 119 Å². The maximum absolute atomic E-state index is 13.8. The summed E-state index contributed by atoms with van der Waals surface area (Å²) < 4.78 is 5.81. The number of piperidine rings is 1. The first-order valence-electron chi connectivity index (χ1n) is 16.5. The Bertz CT molecular complexity index is 2100. The van der Waals surface area contributed by atoms with Gasteiger partial charge in [0, 0.05) is 38.5 Å². The normalized spacial score (nSPS) is 16.2. The number of hydrogen-bond donors (Lipinski definition) is 2. The SMILES string of the molecule is CC(C(=N)C(=O)OC1CCCN(C(=O)C(=N)C(C)C(=Nc2ccc(Cl)cc2Cl)c2ccc(Cl)cc2)C1)C(=Nc1ccc(Cl)cc1Cl)c1ccc(Cl)cc1. The second kappa shape index (κ2) is 18.0. The number of halogens is 6. The fourth-order valence-corrected chi connectivity index (χ4v) is 6.86. The standard InChI is InChI=1S/C39H33Cl6N5O3/c1-21(36(23-5-9-25(40)10-6-23)48-32-15-13-27(42)18-30(32)44)34(46)38(51)50-17-3-4-29(20-50)53-39(52)35(47)22(2)37(24-7-11-26(41)12-8-24)49-33-16-14-28(43)19-31(33)45/h5-16,18-19,21-22,29,46-47H,3-4,17,20H2,1-2H3. The molecule has 4 aromatic rings. The molecule has 1 saturated heterocycles. The van der Waals surface area contributed by atoms with Crippen molar-refractivity contribution in [1.29, 1.82) is 10.8 Å². The van der Waals surface area contributed by atoms with Gasteiger partial charge in [-0.1, -0.05) is 108 Å². The number of esters is 1. The van der Waals surface area contributed by atoms with Crippen LogP contribution in [0.1, 0.15) is 37.8 Å². The largest absolute Gasteiger partial charge is 0.456 e. The van der Waals surface area contributed by atoms with Gasteiger partial charge in [-0.05, 0) is 84.6 Å². The number of benzene rings is 4. The van der Waals surface area contributed by atoms with Gasteiger partial charge >= 0.3 is 5.97 Å². The van der Waals surface area contributed by atoms with E-state index in [4.69, 9.17) is 95.1 Å². The molecule has 1 heterocycles. The van der Waals surface area contributed by atoms with Crippen molar-refractivity contribution >= 4 is 116 Å². The number of amides is 1. The van der Waals surface area contributed by atoms with Gasteiger partial charge in [-0.2, -0.15) is 0 Å². The van der Waals surface area contributed by atoms with Crippen molar-refractivity contribution in [2.24, 2.45) is 21.8 Å². The minimum Gasteiger partial charge on any atom is -0.456 e. The van der Waals surface area contributed by atoms with Crippen molar-refractivity contribution < 1.29 is 14.3 Å². The van der Waals surface area contributed by atoms with Gasteiger partial charge in [-0.25, -0.2) is 4.79 Å². The lowest BCUT2D eigenvalue weighted by molar-refractivity contribution is -0.146. The molecule has 14 heteroatoms. The molecule has 4 aromatic carbocycles. The zero-order chi connectivity index (χ0) is 38.4. The highest BCUT2D eigenvalue weighted by Crippen LogP contribution is 2.32. The number of carbonyl (C=O) groups is 2. The van der Waals surface area contributed by atoms with Crippen LogP contribution < -0.4 is 0 Å². The molecule has 0 bridgehead atoms. The van der Waals surface area contributed by atoms with Crippen molar-refractivity contribution in [2.45, 2.75) is 32.8 Å². The van der Waals surface area contributed by atoms with Crippen LogP contribution in [0.4, 0.5) is 11.4 Å². The van der Waals surface area contributed by atoms with E-state index < -0.39 is 29.8 Å². The Morgan fingerprint density at radius 1 is 0.679 bits per heavy atom. The van der Waals surface area contributed by atoms with Crippen LogP contribution in [0.15, 0.2) is 94.9 Å². The molecule has 5 rings (SSSR count). The van der Waals surface area contributed by atoms with Crippen LogP contribution in [0.3, 0.4) is 0 Å². The highest BCUT2D eigenvalue weighted by molar-refractivity contribution is 6.44. The average Bonchev–Trinajstić information content (AvgIpc) is 3.14. The predicted octanol–water partition coefficient (Wildman–Crippen LogP) is 11.4. The quantitative estimate of drug-likeness (QED) is 0.116. The molecule has 53 heavy (non-hydrogen) atoms. The van der Waals surface area contributed by atoms with Gasteiger partial charge in [-0.3, -0.25) is 25.6 Å². The molecule has 3 unspecified atom stereocenters. The fourth-order valence-electron chi connectivity index (χ4n) is 5.71. The molecule has 0 aromatic heterocycles. The summed E-state index contributed by atoms with van der Waals surface area (Å²) in [6.07, 6.45) is 0.305. The van der Waals surface area contributed by atoms with Crippen molar-refractivity contribution in [1.82, 2.24) is 4.90 Å². The van der Waals surface area contributed by atoms with Crippen LogP contribution in [0.2, 0.25) is 30.1 Å². The van der Waals surface area contributed by atoms with E-state index in [2.05, 4.69) is 0 Å². The first-order chi connectivity index (χ1) is 25.2. The summed E-state index contributed by atoms with van der Waals surface area (Å²) in [5.74, 6) is -2.94. The summed E-state index contributed by atoms with van der Waals surface area (Å²) in [5, 5.41) is 20.3. The Balaban J connectivity index is 1.32. The molecule has 1 aliphatic rings. The molecule has 8 nitrogen and oxygen atoms in total. The van der Waals surface area contributed by atoms with E-state index in [0.29, 0.717) is 83.4 Å². The monoisotopic (exact) mass is 829 g/mol. The first-order valence-corrected chi connectivity index (χ1v) is 18.7. The summed E-state index contributed by atoms with van der Waals surface area (Å²) in [5.41, 5.74) is 2.41. The number of likely N-dealkylation sites (tertiary alicyclic amines) is 1. The Morgan fingerprint density at radius 3 is 1.57 bits per heavy atom. The third-order valence-electron chi connectivity index (χ3n) is 8.66. The third-order valence-corrected chi connectivity index (χ3v) is 10.2. The predicted molar refractivity (Wildman–Crippen MR) is 218 cm³/mol. The number of carbonyl (C=O) groups excluding carboxylic acids is 2. The molecular weight excluding hydrogens is 799 g/mol. The smallest absolute Gasteiger partial charge is 0.352 e. The number of rotatable bonds is 11. The maximum atomic E-state index is 13.8. The highest BCUT2D eigenvalue weighted by Gasteiger charge is 2.33. The van der Waals surface area contributed by atoms with Gasteiger partial charge in [0.15, 0.2) is 0 Å². The molecular formula is C39H33Cl6N5O3. The average molecular weight is 832 g/mol. The molecule has 2 N–H and O–H groups in total. The van der Waals surface area contributed by atoms with Gasteiger partial charge in [0.25, 0.3) is 5.91 Å². The zero-order valence-electron chi connectivity index (χ0n) is 28.5. The van der Waals surface area contributed by atoms with Gasteiger partial charge < -0.3 is 9.64 Å². The van der Waals surface area contributed by atoms with E-state index in [-0.39, 0.29) is 18.0 Å². The van der Waals surface area contributed by atoms with Gasteiger partial charge in [0.05, 0.1) is 39.4 Å². The van der Waals surface area contributed by atoms with E-state index in [1.54, 1.807) is 98.8 Å². The molecule has 274 valence electrons. The summed E-state index contributed by atoms with van der Waals surface area (Å²) in [7, 11) is 0. The minimum atomic E-state index is -0.846. The lowest BCUT2D eigenvalue weighted by atomic mass is 9.92. The Hall–Kier alpha value is -3.76. The number of ether oxygens (including phenoxy) is 1. The van der Waals surface area contributed by atoms with Gasteiger partial charge in [0.2, 0.25) is 0 Å². The Morgan fingerprint density at radius 2 is 1.11 bits per heavy atom. The minimum absolute atomic E-state index is 0.0519. The first kappa shape index (κ1) is 40.4. The van der Waals surface area contributed by atoms with E-state index in [1.165, 1.54) is 4.90 Å². The molecule has 0 spiro atoms. The van der Waals surface area contributed by atoms with E-state index in [0.717, 1.165) is 0 Å². The number of hydrogen-bond acceptors (Lipinski definition) is 7. The van der Waals surface area contributed by atoms with Crippen LogP contribution in [0.5, 0.6) is 0 Å². The van der Waals surface area contributed by atoms with Crippen molar-refractivity contribution in [2.75, 3.05) is 13.1 Å². The van der Waals surface area contributed by atoms with Crippen molar-refractivity contribution in [3.63, 3.8) is 0 Å². The Kier molecular flexibility index (Phi) is 13.8. The number of aliphatic imine (C=N–C) groups is 2. The maximum Gasteiger partial charge on any atom is 0.352 e. The van der Waals surface area contributed by atoms with Crippen LogP contribution >= 0.6 is 69.6 Å². The fraction of sp³-hybridized carbons (Fsp3) is 0.231. The van der Waals surface area contributed by atoms with Crippen LogP contribution in [-0.2, 0) is 14.3 Å². The van der Waals surface area contributed by atoms with Crippen molar-refractivity contribution in [3.05, 3.63) is 126 Å². The second-order valence-corrected chi connectivity index (χ2v) is 15.0.